The highest BCUT2D eigenvalue weighted by Gasteiger charge is 2.20. The van der Waals surface area contributed by atoms with Crippen molar-refractivity contribution < 1.29 is 9.18 Å². The van der Waals surface area contributed by atoms with E-state index in [9.17, 15) is 9.18 Å². The molecule has 2 rings (SSSR count). The second kappa shape index (κ2) is 5.66. The normalized spacial score (nSPS) is 11.4. The van der Waals surface area contributed by atoms with E-state index in [1.54, 1.807) is 12.1 Å². The van der Waals surface area contributed by atoms with Crippen LogP contribution in [-0.4, -0.2) is 16.1 Å². The minimum absolute atomic E-state index is 0.0857. The lowest BCUT2D eigenvalue weighted by Crippen LogP contribution is -2.14. The predicted molar refractivity (Wildman–Crippen MR) is 77.3 cm³/mol. The van der Waals surface area contributed by atoms with Gasteiger partial charge >= 0.3 is 0 Å². The average molecular weight is 293 g/mol. The van der Waals surface area contributed by atoms with Crippen LogP contribution in [0.25, 0.3) is 0 Å². The number of amides is 1. The van der Waals surface area contributed by atoms with Gasteiger partial charge < -0.3 is 5.32 Å². The van der Waals surface area contributed by atoms with Gasteiger partial charge in [-0.2, -0.15) is 0 Å². The largest absolute Gasteiger partial charge is 0.300 e. The van der Waals surface area contributed by atoms with Crippen molar-refractivity contribution in [2.75, 3.05) is 5.32 Å². The summed E-state index contributed by atoms with van der Waals surface area (Å²) in [7, 11) is 0. The van der Waals surface area contributed by atoms with Gasteiger partial charge in [0.15, 0.2) is 0 Å². The van der Waals surface area contributed by atoms with Crippen LogP contribution in [0.2, 0.25) is 0 Å². The Bertz CT molecular complexity index is 602. The minimum Gasteiger partial charge on any atom is -0.300 e. The summed E-state index contributed by atoms with van der Waals surface area (Å²) in [6, 6.07) is 5.86. The van der Waals surface area contributed by atoms with Crippen LogP contribution in [0.5, 0.6) is 0 Å². The van der Waals surface area contributed by atoms with Crippen LogP contribution in [0.15, 0.2) is 24.3 Å². The van der Waals surface area contributed by atoms with Crippen LogP contribution < -0.4 is 5.32 Å². The third kappa shape index (κ3) is 3.84. The number of aromatic nitrogens is 2. The third-order valence-corrected chi connectivity index (χ3v) is 3.86. The fourth-order valence-corrected chi connectivity index (χ4v) is 2.35. The van der Waals surface area contributed by atoms with E-state index < -0.39 is 0 Å². The molecule has 1 heterocycles. The van der Waals surface area contributed by atoms with Crippen LogP contribution in [0.3, 0.4) is 0 Å². The number of hydrogen-bond donors (Lipinski definition) is 1. The Hall–Kier alpha value is -1.82. The van der Waals surface area contributed by atoms with Crippen LogP contribution in [0.1, 0.15) is 31.3 Å². The zero-order valence-corrected chi connectivity index (χ0v) is 12.4. The fraction of sp³-hybridized carbons (Fsp3) is 0.357. The van der Waals surface area contributed by atoms with Crippen molar-refractivity contribution in [3.05, 3.63) is 40.7 Å². The summed E-state index contributed by atoms with van der Waals surface area (Å²) >= 11 is 1.37. The maximum atomic E-state index is 12.8. The first-order valence-electron chi connectivity index (χ1n) is 6.23. The Balaban J connectivity index is 1.98. The van der Waals surface area contributed by atoms with Crippen molar-refractivity contribution in [3.63, 3.8) is 0 Å². The first kappa shape index (κ1) is 14.6. The first-order valence-corrected chi connectivity index (χ1v) is 7.04. The molecule has 0 fully saturated rings. The van der Waals surface area contributed by atoms with E-state index >= 15 is 0 Å². The monoisotopic (exact) mass is 293 g/mol. The molecule has 1 aromatic heterocycles. The van der Waals surface area contributed by atoms with Gasteiger partial charge in [-0.3, -0.25) is 4.79 Å². The molecule has 0 aliphatic heterocycles. The molecule has 20 heavy (non-hydrogen) atoms. The van der Waals surface area contributed by atoms with E-state index in [0.717, 1.165) is 10.6 Å². The Morgan fingerprint density at radius 3 is 2.45 bits per heavy atom. The van der Waals surface area contributed by atoms with Crippen LogP contribution >= 0.6 is 11.3 Å². The number of nitrogens with zero attached hydrogens (tertiary/aromatic N) is 2. The molecule has 2 aromatic rings. The summed E-state index contributed by atoms with van der Waals surface area (Å²) < 4.78 is 12.8. The van der Waals surface area contributed by atoms with Gasteiger partial charge in [-0.1, -0.05) is 44.2 Å². The lowest BCUT2D eigenvalue weighted by molar-refractivity contribution is -0.115. The molecule has 106 valence electrons. The van der Waals surface area contributed by atoms with Crippen molar-refractivity contribution >= 4 is 22.4 Å². The van der Waals surface area contributed by atoms with E-state index in [4.69, 9.17) is 0 Å². The number of halogens is 1. The van der Waals surface area contributed by atoms with Crippen molar-refractivity contribution in [2.24, 2.45) is 0 Å². The molecule has 0 unspecified atom stereocenters. The molecule has 4 nitrogen and oxygen atoms in total. The van der Waals surface area contributed by atoms with Gasteiger partial charge in [-0.15, -0.1) is 10.2 Å². The smallest absolute Gasteiger partial charge is 0.230 e. The Labute approximate surface area is 121 Å². The van der Waals surface area contributed by atoms with E-state index in [1.807, 2.05) is 20.8 Å². The topological polar surface area (TPSA) is 54.9 Å². The Morgan fingerprint density at radius 2 is 1.90 bits per heavy atom. The van der Waals surface area contributed by atoms with Gasteiger partial charge in [0.2, 0.25) is 11.0 Å². The standard InChI is InChI=1S/C14H16FN3OS/c1-14(2,3)12-17-18-13(20-12)16-11(19)8-9-4-6-10(15)7-5-9/h4-7H,8H2,1-3H3,(H,16,18,19). The molecule has 0 bridgehead atoms. The van der Waals surface area contributed by atoms with Crippen LogP contribution in [0.4, 0.5) is 9.52 Å². The number of benzene rings is 1. The molecular weight excluding hydrogens is 277 g/mol. The summed E-state index contributed by atoms with van der Waals surface area (Å²) in [6.07, 6.45) is 0.185. The zero-order chi connectivity index (χ0) is 14.8. The molecule has 0 atom stereocenters. The maximum Gasteiger partial charge on any atom is 0.230 e. The number of nitrogens with one attached hydrogen (secondary N) is 1. The highest BCUT2D eigenvalue weighted by molar-refractivity contribution is 7.15. The molecule has 1 amide bonds. The van der Waals surface area contributed by atoms with Crippen molar-refractivity contribution in [3.8, 4) is 0 Å². The quantitative estimate of drug-likeness (QED) is 0.945. The molecule has 0 aliphatic carbocycles. The first-order chi connectivity index (χ1) is 9.34. The maximum absolute atomic E-state index is 12.8. The molecule has 0 aliphatic rings. The molecule has 0 saturated carbocycles. The summed E-state index contributed by atoms with van der Waals surface area (Å²) in [5, 5.41) is 12.1. The van der Waals surface area contributed by atoms with Gasteiger partial charge in [0.05, 0.1) is 6.42 Å². The van der Waals surface area contributed by atoms with E-state index in [-0.39, 0.29) is 23.6 Å². The number of hydrogen-bond acceptors (Lipinski definition) is 4. The van der Waals surface area contributed by atoms with Crippen LogP contribution in [0, 0.1) is 5.82 Å². The third-order valence-electron chi connectivity index (χ3n) is 2.59. The molecule has 0 saturated heterocycles. The molecule has 1 aromatic carbocycles. The molecule has 6 heteroatoms. The highest BCUT2D eigenvalue weighted by Crippen LogP contribution is 2.27. The van der Waals surface area contributed by atoms with Crippen molar-refractivity contribution in [2.45, 2.75) is 32.6 Å². The fourth-order valence-electron chi connectivity index (χ4n) is 1.53. The summed E-state index contributed by atoms with van der Waals surface area (Å²) in [5.41, 5.74) is 0.668. The van der Waals surface area contributed by atoms with E-state index in [1.165, 1.54) is 23.5 Å². The average Bonchev–Trinajstić information content (AvgIpc) is 2.80. The van der Waals surface area contributed by atoms with Gasteiger partial charge in [-0.25, -0.2) is 4.39 Å². The Morgan fingerprint density at radius 1 is 1.25 bits per heavy atom. The molecular formula is C14H16FN3OS. The molecule has 0 spiro atoms. The summed E-state index contributed by atoms with van der Waals surface area (Å²) in [6.45, 7) is 6.12. The molecule has 1 N–H and O–H groups in total. The second-order valence-corrected chi connectivity index (χ2v) is 6.49. The lowest BCUT2D eigenvalue weighted by atomic mass is 9.98. The van der Waals surface area contributed by atoms with E-state index in [0.29, 0.717) is 5.13 Å². The number of anilines is 1. The summed E-state index contributed by atoms with van der Waals surface area (Å²) in [4.78, 5) is 11.9. The number of carbonyl (C=O) groups excluding carboxylic acids is 1. The van der Waals surface area contributed by atoms with Gasteiger partial charge in [0, 0.05) is 5.41 Å². The summed E-state index contributed by atoms with van der Waals surface area (Å²) in [5.74, 6) is -0.499. The highest BCUT2D eigenvalue weighted by atomic mass is 32.1. The second-order valence-electron chi connectivity index (χ2n) is 5.51. The van der Waals surface area contributed by atoms with Crippen molar-refractivity contribution in [1.29, 1.82) is 0 Å². The van der Waals surface area contributed by atoms with E-state index in [2.05, 4.69) is 15.5 Å². The van der Waals surface area contributed by atoms with Crippen molar-refractivity contribution in [1.82, 2.24) is 10.2 Å². The van der Waals surface area contributed by atoms with Gasteiger partial charge in [0.25, 0.3) is 0 Å². The van der Waals surface area contributed by atoms with Gasteiger partial charge in [-0.05, 0) is 17.7 Å². The molecule has 0 radical (unpaired) electrons. The van der Waals surface area contributed by atoms with Crippen LogP contribution in [-0.2, 0) is 16.6 Å². The Kier molecular flexibility index (Phi) is 4.13. The number of rotatable bonds is 3. The zero-order valence-electron chi connectivity index (χ0n) is 11.6. The minimum atomic E-state index is -0.312. The SMILES string of the molecule is CC(C)(C)c1nnc(NC(=O)Cc2ccc(F)cc2)s1. The number of carbonyl (C=O) groups is 1. The van der Waals surface area contributed by atoms with Gasteiger partial charge in [0.1, 0.15) is 10.8 Å². The predicted octanol–water partition coefficient (Wildman–Crippen LogP) is 3.16. The lowest BCUT2D eigenvalue weighted by Gasteiger charge is -2.12.